The van der Waals surface area contributed by atoms with Gasteiger partial charge in [-0.25, -0.2) is 4.79 Å². The number of carbonyl (C=O) groups is 5. The van der Waals surface area contributed by atoms with E-state index in [1.165, 1.54) is 0 Å². The maximum atomic E-state index is 12.7. The molecule has 0 spiro atoms. The number of hydrogen-bond donors (Lipinski definition) is 6. The van der Waals surface area contributed by atoms with Gasteiger partial charge in [0.05, 0.1) is 13.0 Å². The van der Waals surface area contributed by atoms with Gasteiger partial charge in [0.15, 0.2) is 0 Å². The molecule has 0 radical (unpaired) electrons. The van der Waals surface area contributed by atoms with E-state index in [-0.39, 0.29) is 12.5 Å². The van der Waals surface area contributed by atoms with Crippen molar-refractivity contribution in [2.75, 3.05) is 6.54 Å². The van der Waals surface area contributed by atoms with Crippen LogP contribution < -0.4 is 21.7 Å². The highest BCUT2D eigenvalue weighted by molar-refractivity contribution is 5.94. The van der Waals surface area contributed by atoms with Crippen LogP contribution in [0.15, 0.2) is 0 Å². The minimum absolute atomic E-state index is 0.245. The molecule has 11 nitrogen and oxygen atoms in total. The fourth-order valence-corrected chi connectivity index (χ4v) is 2.35. The largest absolute Gasteiger partial charge is 0.481 e. The highest BCUT2D eigenvalue weighted by Crippen LogP contribution is 2.10. The van der Waals surface area contributed by atoms with E-state index in [4.69, 9.17) is 15.9 Å². The van der Waals surface area contributed by atoms with E-state index in [2.05, 4.69) is 16.0 Å². The Balaban J connectivity index is 5.36. The van der Waals surface area contributed by atoms with Crippen molar-refractivity contribution in [3.63, 3.8) is 0 Å². The van der Waals surface area contributed by atoms with Crippen molar-refractivity contribution in [1.82, 2.24) is 16.0 Å². The molecule has 28 heavy (non-hydrogen) atoms. The summed E-state index contributed by atoms with van der Waals surface area (Å²) in [5.74, 6) is -5.54. The molecule has 0 aliphatic heterocycles. The molecule has 3 amide bonds. The predicted molar refractivity (Wildman–Crippen MR) is 99.0 cm³/mol. The number of nitrogens with two attached hydrogens (primary N) is 1. The molecule has 4 unspecified atom stereocenters. The summed E-state index contributed by atoms with van der Waals surface area (Å²) in [7, 11) is 0. The van der Waals surface area contributed by atoms with Gasteiger partial charge >= 0.3 is 11.9 Å². The minimum Gasteiger partial charge on any atom is -0.481 e. The van der Waals surface area contributed by atoms with Crippen molar-refractivity contribution in [1.29, 1.82) is 0 Å². The highest BCUT2D eigenvalue weighted by atomic mass is 16.4. The fourth-order valence-electron chi connectivity index (χ4n) is 2.35. The zero-order chi connectivity index (χ0) is 22.0. The van der Waals surface area contributed by atoms with Crippen LogP contribution in [0.5, 0.6) is 0 Å². The summed E-state index contributed by atoms with van der Waals surface area (Å²) in [6.45, 7) is 6.54. The number of amides is 3. The van der Waals surface area contributed by atoms with Crippen LogP contribution in [-0.2, 0) is 24.0 Å². The van der Waals surface area contributed by atoms with Crippen LogP contribution in [-0.4, -0.2) is 64.5 Å². The molecule has 0 aromatic carbocycles. The third-order valence-electron chi connectivity index (χ3n) is 4.24. The zero-order valence-electron chi connectivity index (χ0n) is 16.5. The molecular formula is C17H30N4O7. The Hall–Kier alpha value is -2.69. The Kier molecular flexibility index (Phi) is 10.8. The van der Waals surface area contributed by atoms with Gasteiger partial charge in [0.2, 0.25) is 17.7 Å². The summed E-state index contributed by atoms with van der Waals surface area (Å²) in [5, 5.41) is 25.0. The average Bonchev–Trinajstić information content (AvgIpc) is 2.61. The highest BCUT2D eigenvalue weighted by Gasteiger charge is 2.33. The lowest BCUT2D eigenvalue weighted by Crippen LogP contribution is -2.59. The van der Waals surface area contributed by atoms with Gasteiger partial charge in [-0.05, 0) is 11.8 Å². The number of carbonyl (C=O) groups excluding carboxylic acids is 3. The van der Waals surface area contributed by atoms with Crippen LogP contribution in [0.3, 0.4) is 0 Å². The smallest absolute Gasteiger partial charge is 0.326 e. The first-order valence-corrected chi connectivity index (χ1v) is 8.99. The van der Waals surface area contributed by atoms with E-state index >= 15 is 0 Å². The molecule has 7 N–H and O–H groups in total. The first-order valence-electron chi connectivity index (χ1n) is 8.99. The van der Waals surface area contributed by atoms with Gasteiger partial charge in [0, 0.05) is 0 Å². The maximum absolute atomic E-state index is 12.7. The quantitative estimate of drug-likeness (QED) is 0.231. The Morgan fingerprint density at radius 2 is 1.43 bits per heavy atom. The van der Waals surface area contributed by atoms with Gasteiger partial charge in [-0.3, -0.25) is 19.2 Å². The van der Waals surface area contributed by atoms with E-state index < -0.39 is 60.1 Å². The lowest BCUT2D eigenvalue weighted by atomic mass is 9.96. The summed E-state index contributed by atoms with van der Waals surface area (Å²) >= 11 is 0. The molecule has 0 aromatic heterocycles. The maximum Gasteiger partial charge on any atom is 0.326 e. The molecule has 0 rings (SSSR count). The number of carboxylic acids is 2. The first-order chi connectivity index (χ1) is 12.9. The second-order valence-corrected chi connectivity index (χ2v) is 6.86. The lowest BCUT2D eigenvalue weighted by molar-refractivity contribution is -0.147. The van der Waals surface area contributed by atoms with Crippen molar-refractivity contribution < 1.29 is 34.2 Å². The first kappa shape index (κ1) is 25.3. The van der Waals surface area contributed by atoms with E-state index in [0.717, 1.165) is 0 Å². The van der Waals surface area contributed by atoms with E-state index in [9.17, 15) is 24.0 Å². The third-order valence-corrected chi connectivity index (χ3v) is 4.24. The Labute approximate surface area is 163 Å². The van der Waals surface area contributed by atoms with Crippen molar-refractivity contribution in [2.45, 2.75) is 58.7 Å². The number of aliphatic carboxylic acids is 2. The van der Waals surface area contributed by atoms with Crippen LogP contribution in [0.1, 0.15) is 40.5 Å². The van der Waals surface area contributed by atoms with Crippen LogP contribution >= 0.6 is 0 Å². The van der Waals surface area contributed by atoms with Crippen LogP contribution in [0, 0.1) is 11.8 Å². The third kappa shape index (κ3) is 8.33. The average molecular weight is 402 g/mol. The molecule has 0 bridgehead atoms. The van der Waals surface area contributed by atoms with Crippen LogP contribution in [0.25, 0.3) is 0 Å². The number of hydrogen-bond acceptors (Lipinski definition) is 6. The Morgan fingerprint density at radius 1 is 0.893 bits per heavy atom. The van der Waals surface area contributed by atoms with Crippen LogP contribution in [0.4, 0.5) is 0 Å². The van der Waals surface area contributed by atoms with Gasteiger partial charge in [-0.15, -0.1) is 0 Å². The molecule has 0 saturated carbocycles. The Bertz CT molecular complexity index is 594. The number of nitrogens with one attached hydrogen (secondary N) is 3. The summed E-state index contributed by atoms with van der Waals surface area (Å²) in [5.41, 5.74) is 5.27. The molecule has 160 valence electrons. The van der Waals surface area contributed by atoms with Gasteiger partial charge in [0.1, 0.15) is 18.1 Å². The number of rotatable bonds is 12. The predicted octanol–water partition coefficient (Wildman–Crippen LogP) is -1.34. The minimum atomic E-state index is -1.63. The van der Waals surface area contributed by atoms with E-state index in [1.54, 1.807) is 20.8 Å². The molecule has 0 saturated heterocycles. The van der Waals surface area contributed by atoms with Crippen molar-refractivity contribution in [3.05, 3.63) is 0 Å². The summed E-state index contributed by atoms with van der Waals surface area (Å²) < 4.78 is 0. The summed E-state index contributed by atoms with van der Waals surface area (Å²) in [6.07, 6.45) is -0.233. The number of carboxylic acid groups (broad SMARTS) is 2. The van der Waals surface area contributed by atoms with E-state index in [0.29, 0.717) is 6.42 Å². The standard InChI is InChI=1S/C17H30N4O7/c1-5-9(4)14(20-11(22)7-18)16(26)21-13(8(2)3)15(25)19-10(17(27)28)6-12(23)24/h8-10,13-14H,5-7,18H2,1-4H3,(H,19,25)(H,20,22)(H,21,26)(H,23,24)(H,27,28). The lowest BCUT2D eigenvalue weighted by Gasteiger charge is -2.28. The van der Waals surface area contributed by atoms with E-state index in [1.807, 2.05) is 6.92 Å². The molecule has 4 atom stereocenters. The van der Waals surface area contributed by atoms with Crippen molar-refractivity contribution >= 4 is 29.7 Å². The second-order valence-electron chi connectivity index (χ2n) is 6.86. The molecule has 0 aliphatic carbocycles. The van der Waals surface area contributed by atoms with Gasteiger partial charge in [0.25, 0.3) is 0 Å². The molecule has 11 heteroatoms. The fraction of sp³-hybridized carbons (Fsp3) is 0.706. The summed E-state index contributed by atoms with van der Waals surface area (Å²) in [4.78, 5) is 58.7. The Morgan fingerprint density at radius 3 is 1.82 bits per heavy atom. The molecule has 0 aromatic rings. The normalized spacial score (nSPS) is 15.1. The van der Waals surface area contributed by atoms with Crippen molar-refractivity contribution in [2.24, 2.45) is 17.6 Å². The zero-order valence-corrected chi connectivity index (χ0v) is 16.5. The molecule has 0 fully saturated rings. The molecule has 0 aliphatic rings. The SMILES string of the molecule is CCC(C)C(NC(=O)CN)C(=O)NC(C(=O)NC(CC(=O)O)C(=O)O)C(C)C. The molecular weight excluding hydrogens is 372 g/mol. The monoisotopic (exact) mass is 402 g/mol. The van der Waals surface area contributed by atoms with Gasteiger partial charge in [-0.2, -0.15) is 0 Å². The summed E-state index contributed by atoms with van der Waals surface area (Å²) in [6, 6.07) is -3.68. The topological polar surface area (TPSA) is 188 Å². The van der Waals surface area contributed by atoms with Crippen LogP contribution in [0.2, 0.25) is 0 Å². The van der Waals surface area contributed by atoms with Crippen molar-refractivity contribution in [3.8, 4) is 0 Å². The van der Waals surface area contributed by atoms with Gasteiger partial charge in [-0.1, -0.05) is 34.1 Å². The second kappa shape index (κ2) is 11.9. The molecule has 0 heterocycles. The van der Waals surface area contributed by atoms with Gasteiger partial charge < -0.3 is 31.9 Å².